The number of benzene rings is 2. The van der Waals surface area contributed by atoms with Crippen LogP contribution in [0.5, 0.6) is 0 Å². The van der Waals surface area contributed by atoms with Crippen LogP contribution in [0.15, 0.2) is 54.7 Å². The first-order chi connectivity index (χ1) is 15.2. The number of nitrogens with zero attached hydrogens (tertiary/aromatic N) is 1. The van der Waals surface area contributed by atoms with Crippen LogP contribution in [0.2, 0.25) is 0 Å². The Morgan fingerprint density at radius 3 is 2.38 bits per heavy atom. The fraction of sp³-hybridized carbons (Fsp3) is 0.333. The van der Waals surface area contributed by atoms with Gasteiger partial charge in [-0.05, 0) is 42.2 Å². The fourth-order valence-electron chi connectivity index (χ4n) is 3.83. The Balaban J connectivity index is 1.70. The Labute approximate surface area is 189 Å². The van der Waals surface area contributed by atoms with Gasteiger partial charge in [0.2, 0.25) is 21.8 Å². The topological polar surface area (TPSA) is 95.6 Å². The third-order valence-electron chi connectivity index (χ3n) is 5.20. The summed E-state index contributed by atoms with van der Waals surface area (Å²) in [7, 11) is -3.48. The molecule has 2 aromatic rings. The predicted octanol–water partition coefficient (Wildman–Crippen LogP) is 3.09. The third kappa shape index (κ3) is 6.05. The Hall–Kier alpha value is -2.97. The van der Waals surface area contributed by atoms with Crippen molar-refractivity contribution in [3.05, 3.63) is 77.0 Å². The quantitative estimate of drug-likeness (QED) is 0.639. The molecule has 1 aliphatic heterocycles. The van der Waals surface area contributed by atoms with Gasteiger partial charge < -0.3 is 10.2 Å². The fourth-order valence-corrected chi connectivity index (χ4v) is 5.32. The molecule has 2 N–H and O–H groups in total. The van der Waals surface area contributed by atoms with Crippen LogP contribution >= 0.6 is 0 Å². The number of nitrogens with one attached hydrogen (secondary N) is 2. The van der Waals surface area contributed by atoms with Crippen molar-refractivity contribution in [3.8, 4) is 0 Å². The first kappa shape index (κ1) is 23.7. The maximum Gasteiger partial charge on any atom is 0.223 e. The van der Waals surface area contributed by atoms with Crippen LogP contribution in [-0.2, 0) is 31.9 Å². The summed E-state index contributed by atoms with van der Waals surface area (Å²) < 4.78 is 27.3. The van der Waals surface area contributed by atoms with Crippen LogP contribution in [0.25, 0.3) is 6.08 Å². The van der Waals surface area contributed by atoms with Crippen LogP contribution in [0.3, 0.4) is 0 Å². The van der Waals surface area contributed by atoms with Gasteiger partial charge in [-0.1, -0.05) is 48.5 Å². The summed E-state index contributed by atoms with van der Waals surface area (Å²) in [6.45, 7) is 5.22. The maximum atomic E-state index is 12.8. The highest BCUT2D eigenvalue weighted by Crippen LogP contribution is 2.32. The van der Waals surface area contributed by atoms with Gasteiger partial charge >= 0.3 is 0 Å². The largest absolute Gasteiger partial charge is 0.352 e. The summed E-state index contributed by atoms with van der Waals surface area (Å²) in [5.74, 6) is -0.512. The van der Waals surface area contributed by atoms with E-state index in [2.05, 4.69) is 10.0 Å². The van der Waals surface area contributed by atoms with Crippen molar-refractivity contribution in [2.75, 3.05) is 0 Å². The van der Waals surface area contributed by atoms with Crippen LogP contribution in [0.1, 0.15) is 55.5 Å². The van der Waals surface area contributed by atoms with Crippen molar-refractivity contribution in [2.45, 2.75) is 51.6 Å². The van der Waals surface area contributed by atoms with Gasteiger partial charge in [-0.25, -0.2) is 13.1 Å². The molecule has 1 atom stereocenters. The highest BCUT2D eigenvalue weighted by molar-refractivity contribution is 7.88. The predicted molar refractivity (Wildman–Crippen MR) is 125 cm³/mol. The van der Waals surface area contributed by atoms with Gasteiger partial charge in [0, 0.05) is 25.7 Å². The molecule has 0 aliphatic carbocycles. The molecule has 2 aromatic carbocycles. The molecular weight excluding hydrogens is 426 g/mol. The summed E-state index contributed by atoms with van der Waals surface area (Å²) in [6.07, 6.45) is 3.69. The lowest BCUT2D eigenvalue weighted by molar-refractivity contribution is -0.130. The minimum Gasteiger partial charge on any atom is -0.352 e. The van der Waals surface area contributed by atoms with E-state index in [1.807, 2.05) is 36.4 Å². The smallest absolute Gasteiger partial charge is 0.223 e. The Kier molecular flexibility index (Phi) is 7.48. The van der Waals surface area contributed by atoms with E-state index in [-0.39, 0.29) is 42.6 Å². The standard InChI is InChI=1S/C24H29N3O4S/c1-17(2)26-32(30,31)16-21-10-5-4-9-20(21)15-25-24(29)14-23-22-11-7-6-8-19(22)12-13-27(23)18(3)28/h4-13,17,23,26H,14-16H2,1-3H3,(H,25,29). The van der Waals surface area contributed by atoms with Crippen LogP contribution in [0.4, 0.5) is 0 Å². The van der Waals surface area contributed by atoms with Gasteiger partial charge in [0.05, 0.1) is 18.2 Å². The Morgan fingerprint density at radius 1 is 1.03 bits per heavy atom. The van der Waals surface area contributed by atoms with Gasteiger partial charge in [-0.2, -0.15) is 0 Å². The van der Waals surface area contributed by atoms with Crippen molar-refractivity contribution in [1.82, 2.24) is 14.9 Å². The average molecular weight is 456 g/mol. The van der Waals surface area contributed by atoms with E-state index in [4.69, 9.17) is 0 Å². The molecule has 0 aromatic heterocycles. The average Bonchev–Trinajstić information content (AvgIpc) is 2.72. The lowest BCUT2D eigenvalue weighted by atomic mass is 9.93. The minimum absolute atomic E-state index is 0.107. The number of sulfonamides is 1. The summed E-state index contributed by atoms with van der Waals surface area (Å²) in [5, 5.41) is 2.89. The van der Waals surface area contributed by atoms with Gasteiger partial charge in [0.25, 0.3) is 0 Å². The molecule has 0 saturated carbocycles. The molecule has 1 heterocycles. The van der Waals surface area contributed by atoms with E-state index in [0.717, 1.165) is 16.7 Å². The highest BCUT2D eigenvalue weighted by Gasteiger charge is 2.28. The molecule has 1 unspecified atom stereocenters. The number of carbonyl (C=O) groups excluding carboxylic acids is 2. The second kappa shape index (κ2) is 10.1. The van der Waals surface area contributed by atoms with E-state index < -0.39 is 10.0 Å². The molecule has 0 radical (unpaired) electrons. The molecule has 0 fully saturated rings. The molecule has 170 valence electrons. The monoisotopic (exact) mass is 455 g/mol. The van der Waals surface area contributed by atoms with Crippen molar-refractivity contribution in [2.24, 2.45) is 0 Å². The molecule has 2 amide bonds. The van der Waals surface area contributed by atoms with Gasteiger partial charge in [0.1, 0.15) is 0 Å². The molecule has 8 heteroatoms. The number of hydrogen-bond donors (Lipinski definition) is 2. The zero-order chi connectivity index (χ0) is 23.3. The van der Waals surface area contributed by atoms with Crippen molar-refractivity contribution in [1.29, 1.82) is 0 Å². The first-order valence-electron chi connectivity index (χ1n) is 10.6. The zero-order valence-corrected chi connectivity index (χ0v) is 19.4. The summed E-state index contributed by atoms with van der Waals surface area (Å²) in [4.78, 5) is 26.5. The summed E-state index contributed by atoms with van der Waals surface area (Å²) in [6, 6.07) is 14.3. The van der Waals surface area contributed by atoms with Gasteiger partial charge in [-0.15, -0.1) is 0 Å². The van der Waals surface area contributed by atoms with Crippen molar-refractivity contribution < 1.29 is 18.0 Å². The lowest BCUT2D eigenvalue weighted by Crippen LogP contribution is -2.35. The van der Waals surface area contributed by atoms with Crippen molar-refractivity contribution in [3.63, 3.8) is 0 Å². The van der Waals surface area contributed by atoms with Crippen LogP contribution in [-0.4, -0.2) is 31.2 Å². The van der Waals surface area contributed by atoms with Crippen LogP contribution < -0.4 is 10.0 Å². The van der Waals surface area contributed by atoms with E-state index in [9.17, 15) is 18.0 Å². The minimum atomic E-state index is -3.48. The van der Waals surface area contributed by atoms with E-state index >= 15 is 0 Å². The number of carbonyl (C=O) groups is 2. The second-order valence-corrected chi connectivity index (χ2v) is 9.92. The van der Waals surface area contributed by atoms with Gasteiger partial charge in [0.15, 0.2) is 0 Å². The Bertz CT molecular complexity index is 1130. The highest BCUT2D eigenvalue weighted by atomic mass is 32.2. The number of rotatable bonds is 8. The number of hydrogen-bond acceptors (Lipinski definition) is 4. The van der Waals surface area contributed by atoms with Crippen LogP contribution in [0, 0.1) is 0 Å². The summed E-state index contributed by atoms with van der Waals surface area (Å²) >= 11 is 0. The molecule has 7 nitrogen and oxygen atoms in total. The SMILES string of the molecule is CC(=O)N1C=Cc2ccccc2C1CC(=O)NCc1ccccc1CS(=O)(=O)NC(C)C. The maximum absolute atomic E-state index is 12.8. The second-order valence-electron chi connectivity index (χ2n) is 8.17. The van der Waals surface area contributed by atoms with E-state index in [1.54, 1.807) is 43.1 Å². The van der Waals surface area contributed by atoms with E-state index in [1.165, 1.54) is 6.92 Å². The van der Waals surface area contributed by atoms with E-state index in [0.29, 0.717) is 5.56 Å². The molecule has 3 rings (SSSR count). The van der Waals surface area contributed by atoms with Crippen molar-refractivity contribution >= 4 is 27.9 Å². The summed E-state index contributed by atoms with van der Waals surface area (Å²) in [5.41, 5.74) is 3.28. The molecule has 0 spiro atoms. The normalized spacial score (nSPS) is 15.5. The zero-order valence-electron chi connectivity index (χ0n) is 18.5. The molecule has 0 saturated heterocycles. The molecule has 0 bridgehead atoms. The first-order valence-corrected chi connectivity index (χ1v) is 12.2. The number of amides is 2. The molecule has 1 aliphatic rings. The molecular formula is C24H29N3O4S. The number of fused-ring (bicyclic) bond motifs is 1. The third-order valence-corrected chi connectivity index (χ3v) is 6.72. The van der Waals surface area contributed by atoms with Gasteiger partial charge in [-0.3, -0.25) is 9.59 Å². The Morgan fingerprint density at radius 2 is 1.69 bits per heavy atom. The molecule has 32 heavy (non-hydrogen) atoms. The lowest BCUT2D eigenvalue weighted by Gasteiger charge is -2.32.